The van der Waals surface area contributed by atoms with E-state index in [2.05, 4.69) is 99.0 Å². The van der Waals surface area contributed by atoms with Gasteiger partial charge in [-0.3, -0.25) is 0 Å². The van der Waals surface area contributed by atoms with E-state index in [0.29, 0.717) is 0 Å². The molecule has 3 nitrogen and oxygen atoms in total. The van der Waals surface area contributed by atoms with Gasteiger partial charge in [-0.2, -0.15) is 0 Å². The van der Waals surface area contributed by atoms with Crippen molar-refractivity contribution >= 4 is 33.3 Å². The van der Waals surface area contributed by atoms with E-state index in [1.165, 1.54) is 0 Å². The molecule has 0 bridgehead atoms. The molecule has 0 N–H and O–H groups in total. The first-order valence-corrected chi connectivity index (χ1v) is 21.2. The molecule has 2 atom stereocenters. The second kappa shape index (κ2) is 8.77. The summed E-state index contributed by atoms with van der Waals surface area (Å²) in [6.45, 7) is 36.3. The zero-order valence-electron chi connectivity index (χ0n) is 19.8. The molecule has 0 spiro atoms. The molecular weight excluding hydrogens is 401 g/mol. The number of hydrogen-bond donors (Lipinski definition) is 0. The van der Waals surface area contributed by atoms with Crippen LogP contribution in [0.5, 0.6) is 0 Å². The van der Waals surface area contributed by atoms with E-state index < -0.39 is 33.3 Å². The Morgan fingerprint density at radius 1 is 0.778 bits per heavy atom. The van der Waals surface area contributed by atoms with Gasteiger partial charge in [-0.15, -0.1) is 19.7 Å². The maximum Gasteiger partial charge on any atom is 0.351 e. The van der Waals surface area contributed by atoms with Crippen LogP contribution in [0.1, 0.15) is 34.1 Å². The van der Waals surface area contributed by atoms with Gasteiger partial charge in [0.2, 0.25) is 16.6 Å². The van der Waals surface area contributed by atoms with Crippen molar-refractivity contribution < 1.29 is 13.0 Å². The van der Waals surface area contributed by atoms with Gasteiger partial charge in [-0.1, -0.05) is 37.1 Å². The normalized spacial score (nSPS) is 18.3. The summed E-state index contributed by atoms with van der Waals surface area (Å²) in [5.41, 5.74) is 6.00. The molecule has 0 aromatic rings. The third-order valence-corrected chi connectivity index (χ3v) is 21.2. The second-order valence-corrected chi connectivity index (χ2v) is 26.3. The van der Waals surface area contributed by atoms with Crippen molar-refractivity contribution in [1.82, 2.24) is 0 Å². The minimum atomic E-state index is -2.61. The van der Waals surface area contributed by atoms with Gasteiger partial charge >= 0.3 is 8.56 Å². The molecular formula is C20H44O3Si4. The maximum absolute atomic E-state index is 6.88. The van der Waals surface area contributed by atoms with Crippen molar-refractivity contribution in [3.8, 4) is 0 Å². The average molecular weight is 445 g/mol. The van der Waals surface area contributed by atoms with Gasteiger partial charge in [0.15, 0.2) is 0 Å². The van der Waals surface area contributed by atoms with Crippen LogP contribution in [0.3, 0.4) is 0 Å². The van der Waals surface area contributed by atoms with Crippen LogP contribution in [0.4, 0.5) is 0 Å². The van der Waals surface area contributed by atoms with Gasteiger partial charge in [0.1, 0.15) is 8.07 Å². The molecule has 7 heteroatoms. The first-order valence-electron chi connectivity index (χ1n) is 9.88. The Hall–Kier alpha value is -0.0325. The van der Waals surface area contributed by atoms with E-state index in [1.54, 1.807) is 0 Å². The first kappa shape index (κ1) is 27.0. The second-order valence-electron chi connectivity index (χ2n) is 9.86. The Morgan fingerprint density at radius 3 is 1.59 bits per heavy atom. The summed E-state index contributed by atoms with van der Waals surface area (Å²) >= 11 is 0. The fourth-order valence-electron chi connectivity index (χ4n) is 2.85. The molecule has 0 rings (SSSR count). The van der Waals surface area contributed by atoms with Gasteiger partial charge in [0.25, 0.3) is 0 Å². The Balaban J connectivity index is 5.84. The molecule has 0 aromatic heterocycles. The van der Waals surface area contributed by atoms with Gasteiger partial charge in [-0.25, -0.2) is 0 Å². The van der Waals surface area contributed by atoms with Crippen LogP contribution in [0.25, 0.3) is 0 Å². The highest BCUT2D eigenvalue weighted by Gasteiger charge is 2.53. The molecule has 0 aliphatic carbocycles. The predicted octanol–water partition coefficient (Wildman–Crippen LogP) is 6.43. The van der Waals surface area contributed by atoms with Crippen molar-refractivity contribution in [3.05, 3.63) is 36.8 Å². The molecule has 0 aromatic carbocycles. The number of hydrogen-bond acceptors (Lipinski definition) is 3. The fourth-order valence-corrected chi connectivity index (χ4v) is 15.5. The Morgan fingerprint density at radius 2 is 1.26 bits per heavy atom. The van der Waals surface area contributed by atoms with Crippen molar-refractivity contribution in [2.45, 2.75) is 90.4 Å². The highest BCUT2D eigenvalue weighted by atomic mass is 28.4. The zero-order chi connectivity index (χ0) is 21.9. The van der Waals surface area contributed by atoms with E-state index in [0.717, 1.165) is 6.42 Å². The van der Waals surface area contributed by atoms with Crippen LogP contribution in [0.15, 0.2) is 36.8 Å². The highest BCUT2D eigenvalue weighted by Crippen LogP contribution is 2.37. The van der Waals surface area contributed by atoms with Crippen molar-refractivity contribution in [2.75, 3.05) is 0 Å². The third kappa shape index (κ3) is 6.48. The molecule has 0 aliphatic rings. The van der Waals surface area contributed by atoms with E-state index in [4.69, 9.17) is 13.0 Å². The van der Waals surface area contributed by atoms with Gasteiger partial charge < -0.3 is 13.0 Å². The molecule has 27 heavy (non-hydrogen) atoms. The Bertz CT molecular complexity index is 557. The summed E-state index contributed by atoms with van der Waals surface area (Å²) in [4.78, 5) is 0. The quantitative estimate of drug-likeness (QED) is 0.325. The van der Waals surface area contributed by atoms with E-state index in [9.17, 15) is 0 Å². The topological polar surface area (TPSA) is 27.7 Å². The molecule has 0 aliphatic heterocycles. The number of rotatable bonds is 12. The summed E-state index contributed by atoms with van der Waals surface area (Å²) in [5, 5.41) is -0.597. The molecule has 0 amide bonds. The lowest BCUT2D eigenvalue weighted by Gasteiger charge is -2.50. The molecule has 158 valence electrons. The van der Waals surface area contributed by atoms with Crippen LogP contribution < -0.4 is 0 Å². The van der Waals surface area contributed by atoms with Crippen LogP contribution >= 0.6 is 0 Å². The molecule has 0 saturated carbocycles. The monoisotopic (exact) mass is 444 g/mol. The first-order chi connectivity index (χ1) is 11.9. The highest BCUT2D eigenvalue weighted by molar-refractivity contribution is 6.89. The van der Waals surface area contributed by atoms with Crippen LogP contribution in [-0.4, -0.2) is 43.7 Å². The average Bonchev–Trinajstić information content (AvgIpc) is 2.52. The molecule has 0 fully saturated rings. The summed E-state index contributed by atoms with van der Waals surface area (Å²) in [6.07, 6.45) is 0.897. The standard InChI is InChI=1S/C20H44O3Si4/c1-15-20(7,22-25(10,11)17-3)26(12,13)23-27(14,18-4)21-19(5,6)24(8,9)16-2/h16-18H,2-4,15H2,1,5-14H3/t20-,27?/m1/s1. The van der Waals surface area contributed by atoms with Crippen molar-refractivity contribution in [2.24, 2.45) is 0 Å². The van der Waals surface area contributed by atoms with Crippen molar-refractivity contribution in [3.63, 3.8) is 0 Å². The third-order valence-electron chi connectivity index (χ3n) is 6.28. The van der Waals surface area contributed by atoms with E-state index in [-0.39, 0.29) is 10.4 Å². The summed E-state index contributed by atoms with van der Waals surface area (Å²) in [5.74, 6) is 0. The predicted molar refractivity (Wildman–Crippen MR) is 131 cm³/mol. The van der Waals surface area contributed by atoms with Crippen LogP contribution in [-0.2, 0) is 13.0 Å². The van der Waals surface area contributed by atoms with Crippen molar-refractivity contribution in [1.29, 1.82) is 0 Å². The molecule has 0 heterocycles. The molecule has 0 saturated heterocycles. The lowest BCUT2D eigenvalue weighted by Crippen LogP contribution is -2.66. The van der Waals surface area contributed by atoms with Gasteiger partial charge in [-0.05, 0) is 59.9 Å². The summed E-state index contributed by atoms with van der Waals surface area (Å²) in [7, 11) is -8.63. The minimum absolute atomic E-state index is 0.285. The van der Waals surface area contributed by atoms with Gasteiger partial charge in [0, 0.05) is 5.22 Å². The minimum Gasteiger partial charge on any atom is -0.431 e. The molecule has 1 unspecified atom stereocenters. The van der Waals surface area contributed by atoms with Crippen LogP contribution in [0, 0.1) is 0 Å². The summed E-state index contributed by atoms with van der Waals surface area (Å²) in [6, 6.07) is 0. The lowest BCUT2D eigenvalue weighted by atomic mass is 10.3. The van der Waals surface area contributed by atoms with Gasteiger partial charge in [0.05, 0.1) is 5.22 Å². The SMILES string of the molecule is C=C[Si](C)(C)O[C@@](C)(CC)[Si](C)(C)O[Si](C)(C=C)OC(C)(C)[Si](C)(C)C=C. The fraction of sp³-hybridized carbons (Fsp3) is 0.700. The Kier molecular flexibility index (Phi) is 8.76. The molecule has 0 radical (unpaired) electrons. The Labute approximate surface area is 173 Å². The van der Waals surface area contributed by atoms with E-state index >= 15 is 0 Å². The van der Waals surface area contributed by atoms with Crippen LogP contribution in [0.2, 0.25) is 45.8 Å². The largest absolute Gasteiger partial charge is 0.431 e. The smallest absolute Gasteiger partial charge is 0.351 e. The lowest BCUT2D eigenvalue weighted by molar-refractivity contribution is 0.112. The maximum atomic E-state index is 6.88. The zero-order valence-corrected chi connectivity index (χ0v) is 23.8. The summed E-state index contributed by atoms with van der Waals surface area (Å²) < 4.78 is 20.3. The van der Waals surface area contributed by atoms with E-state index in [1.807, 2.05) is 11.4 Å².